The van der Waals surface area contributed by atoms with Crippen molar-refractivity contribution in [1.82, 2.24) is 15.5 Å². The molecule has 3 N–H and O–H groups in total. The lowest BCUT2D eigenvalue weighted by Gasteiger charge is -2.02. The van der Waals surface area contributed by atoms with E-state index < -0.39 is 0 Å². The van der Waals surface area contributed by atoms with E-state index >= 15 is 0 Å². The molecular formula is C12H16N4O2S. The smallest absolute Gasteiger partial charge is 0.227 e. The second-order valence-corrected chi connectivity index (χ2v) is 5.13. The SMILES string of the molecule is Cc1cc(CC(=O)NCCCc2csc(N)n2)on1. The number of thiazole rings is 1. The van der Waals surface area contributed by atoms with Crippen LogP contribution in [0.1, 0.15) is 23.6 Å². The van der Waals surface area contributed by atoms with Crippen LogP contribution in [0.2, 0.25) is 0 Å². The second kappa shape index (κ2) is 6.33. The zero-order valence-corrected chi connectivity index (χ0v) is 11.5. The molecule has 0 saturated heterocycles. The highest BCUT2D eigenvalue weighted by Gasteiger charge is 2.07. The zero-order chi connectivity index (χ0) is 13.7. The summed E-state index contributed by atoms with van der Waals surface area (Å²) >= 11 is 1.43. The molecule has 1 amide bonds. The van der Waals surface area contributed by atoms with E-state index in [0.29, 0.717) is 17.4 Å². The van der Waals surface area contributed by atoms with Gasteiger partial charge in [0.1, 0.15) is 5.76 Å². The number of nitrogens with two attached hydrogens (primary N) is 1. The molecule has 6 nitrogen and oxygen atoms in total. The van der Waals surface area contributed by atoms with Gasteiger partial charge in [-0.2, -0.15) is 0 Å². The molecule has 0 atom stereocenters. The van der Waals surface area contributed by atoms with Crippen molar-refractivity contribution in [2.45, 2.75) is 26.2 Å². The molecule has 0 aliphatic carbocycles. The van der Waals surface area contributed by atoms with Crippen molar-refractivity contribution >= 4 is 22.4 Å². The summed E-state index contributed by atoms with van der Waals surface area (Å²) in [6, 6.07) is 1.76. The summed E-state index contributed by atoms with van der Waals surface area (Å²) in [5.41, 5.74) is 7.30. The van der Waals surface area contributed by atoms with Crippen molar-refractivity contribution in [2.75, 3.05) is 12.3 Å². The first-order valence-electron chi connectivity index (χ1n) is 6.02. The predicted octanol–water partition coefficient (Wildman–Crippen LogP) is 1.31. The highest BCUT2D eigenvalue weighted by Crippen LogP contribution is 2.12. The molecule has 0 aromatic carbocycles. The Morgan fingerprint density at radius 2 is 2.42 bits per heavy atom. The average molecular weight is 280 g/mol. The number of amides is 1. The van der Waals surface area contributed by atoms with Gasteiger partial charge in [-0.15, -0.1) is 11.3 Å². The summed E-state index contributed by atoms with van der Waals surface area (Å²) in [4.78, 5) is 15.8. The lowest BCUT2D eigenvalue weighted by atomic mass is 10.2. The number of hydrogen-bond acceptors (Lipinski definition) is 6. The second-order valence-electron chi connectivity index (χ2n) is 4.24. The summed E-state index contributed by atoms with van der Waals surface area (Å²) in [6.07, 6.45) is 1.88. The number of carbonyl (C=O) groups excluding carboxylic acids is 1. The lowest BCUT2D eigenvalue weighted by Crippen LogP contribution is -2.26. The topological polar surface area (TPSA) is 94.0 Å². The van der Waals surface area contributed by atoms with Gasteiger partial charge in [0.15, 0.2) is 5.13 Å². The number of aromatic nitrogens is 2. The fourth-order valence-electron chi connectivity index (χ4n) is 1.66. The molecule has 7 heteroatoms. The normalized spacial score (nSPS) is 10.6. The first kappa shape index (κ1) is 13.5. The van der Waals surface area contributed by atoms with Crippen LogP contribution in [0.5, 0.6) is 0 Å². The van der Waals surface area contributed by atoms with Crippen LogP contribution in [0.25, 0.3) is 0 Å². The van der Waals surface area contributed by atoms with Crippen molar-refractivity contribution in [3.63, 3.8) is 0 Å². The van der Waals surface area contributed by atoms with Crippen LogP contribution in [0, 0.1) is 6.92 Å². The predicted molar refractivity (Wildman–Crippen MR) is 72.8 cm³/mol. The maximum absolute atomic E-state index is 11.6. The summed E-state index contributed by atoms with van der Waals surface area (Å²) in [5, 5.41) is 9.09. The third kappa shape index (κ3) is 4.36. The Bertz CT molecular complexity index is 549. The van der Waals surface area contributed by atoms with Gasteiger partial charge in [-0.3, -0.25) is 4.79 Å². The first-order chi connectivity index (χ1) is 9.13. The average Bonchev–Trinajstić information content (AvgIpc) is 2.94. The molecule has 19 heavy (non-hydrogen) atoms. The van der Waals surface area contributed by atoms with E-state index in [9.17, 15) is 4.79 Å². The number of anilines is 1. The molecule has 2 rings (SSSR count). The highest BCUT2D eigenvalue weighted by molar-refractivity contribution is 7.13. The third-order valence-corrected chi connectivity index (χ3v) is 3.24. The Kier molecular flexibility index (Phi) is 4.51. The van der Waals surface area contributed by atoms with Crippen LogP contribution in [-0.4, -0.2) is 22.6 Å². The van der Waals surface area contributed by atoms with Gasteiger partial charge in [-0.25, -0.2) is 4.98 Å². The van der Waals surface area contributed by atoms with Gasteiger partial charge >= 0.3 is 0 Å². The molecular weight excluding hydrogens is 264 g/mol. The Morgan fingerprint density at radius 3 is 3.05 bits per heavy atom. The van der Waals surface area contributed by atoms with E-state index in [-0.39, 0.29) is 12.3 Å². The van der Waals surface area contributed by atoms with E-state index in [2.05, 4.69) is 15.5 Å². The van der Waals surface area contributed by atoms with Crippen LogP contribution in [0.3, 0.4) is 0 Å². The van der Waals surface area contributed by atoms with Gasteiger partial charge in [0.05, 0.1) is 17.8 Å². The maximum atomic E-state index is 11.6. The van der Waals surface area contributed by atoms with Gasteiger partial charge < -0.3 is 15.6 Å². The van der Waals surface area contributed by atoms with E-state index in [4.69, 9.17) is 10.3 Å². The number of rotatable bonds is 6. The fraction of sp³-hybridized carbons (Fsp3) is 0.417. The Morgan fingerprint density at radius 1 is 1.58 bits per heavy atom. The van der Waals surface area contributed by atoms with Gasteiger partial charge in [0, 0.05) is 18.0 Å². The molecule has 0 fully saturated rings. The van der Waals surface area contributed by atoms with Crippen molar-refractivity contribution in [1.29, 1.82) is 0 Å². The largest absolute Gasteiger partial charge is 0.375 e. The summed E-state index contributed by atoms with van der Waals surface area (Å²) in [7, 11) is 0. The number of nitrogens with one attached hydrogen (secondary N) is 1. The van der Waals surface area contributed by atoms with E-state index in [1.54, 1.807) is 6.07 Å². The van der Waals surface area contributed by atoms with Gasteiger partial charge in [0.2, 0.25) is 5.91 Å². The number of aryl methyl sites for hydroxylation is 2. The minimum atomic E-state index is -0.0612. The molecule has 2 heterocycles. The van der Waals surface area contributed by atoms with Crippen molar-refractivity contribution in [3.8, 4) is 0 Å². The quantitative estimate of drug-likeness (QED) is 0.778. The zero-order valence-electron chi connectivity index (χ0n) is 10.7. The van der Waals surface area contributed by atoms with Crippen LogP contribution in [-0.2, 0) is 17.6 Å². The lowest BCUT2D eigenvalue weighted by molar-refractivity contribution is -0.120. The van der Waals surface area contributed by atoms with Crippen LogP contribution in [0.15, 0.2) is 16.0 Å². The van der Waals surface area contributed by atoms with E-state index in [0.717, 1.165) is 24.2 Å². The van der Waals surface area contributed by atoms with Crippen molar-refractivity contribution in [3.05, 3.63) is 28.6 Å². The number of carbonyl (C=O) groups is 1. The Labute approximate surface area is 115 Å². The minimum absolute atomic E-state index is 0.0612. The van der Waals surface area contributed by atoms with Gasteiger partial charge in [-0.05, 0) is 19.8 Å². The molecule has 0 saturated carbocycles. The molecule has 0 bridgehead atoms. The fourth-order valence-corrected chi connectivity index (χ4v) is 2.25. The first-order valence-corrected chi connectivity index (χ1v) is 6.90. The molecule has 0 spiro atoms. The summed E-state index contributed by atoms with van der Waals surface area (Å²) < 4.78 is 4.98. The minimum Gasteiger partial charge on any atom is -0.375 e. The summed E-state index contributed by atoms with van der Waals surface area (Å²) in [5.74, 6) is 0.524. The molecule has 0 radical (unpaired) electrons. The monoisotopic (exact) mass is 280 g/mol. The molecule has 102 valence electrons. The van der Waals surface area contributed by atoms with Crippen LogP contribution in [0.4, 0.5) is 5.13 Å². The standard InChI is InChI=1S/C12H16N4O2S/c1-8-5-10(18-16-8)6-11(17)14-4-2-3-9-7-19-12(13)15-9/h5,7H,2-4,6H2,1H3,(H2,13,15)(H,14,17). The van der Waals surface area contributed by atoms with Gasteiger partial charge in [-0.1, -0.05) is 5.16 Å². The van der Waals surface area contributed by atoms with Crippen LogP contribution >= 0.6 is 11.3 Å². The summed E-state index contributed by atoms with van der Waals surface area (Å²) in [6.45, 7) is 2.44. The number of nitrogen functional groups attached to an aromatic ring is 1. The van der Waals surface area contributed by atoms with E-state index in [1.807, 2.05) is 12.3 Å². The van der Waals surface area contributed by atoms with E-state index in [1.165, 1.54) is 11.3 Å². The molecule has 0 unspecified atom stereocenters. The Hall–Kier alpha value is -1.89. The van der Waals surface area contributed by atoms with Crippen LogP contribution < -0.4 is 11.1 Å². The maximum Gasteiger partial charge on any atom is 0.227 e. The third-order valence-electron chi connectivity index (χ3n) is 2.51. The Balaban J connectivity index is 1.64. The molecule has 0 aliphatic heterocycles. The molecule has 2 aromatic heterocycles. The number of hydrogen-bond donors (Lipinski definition) is 2. The van der Waals surface area contributed by atoms with Gasteiger partial charge in [0.25, 0.3) is 0 Å². The number of nitrogens with zero attached hydrogens (tertiary/aromatic N) is 2. The van der Waals surface area contributed by atoms with Crippen molar-refractivity contribution in [2.24, 2.45) is 0 Å². The van der Waals surface area contributed by atoms with Crippen molar-refractivity contribution < 1.29 is 9.32 Å². The molecule has 0 aliphatic rings. The highest BCUT2D eigenvalue weighted by atomic mass is 32.1. The molecule has 2 aromatic rings.